The first-order chi connectivity index (χ1) is 9.90. The van der Waals surface area contributed by atoms with E-state index < -0.39 is 0 Å². The average molecular weight is 299 g/mol. The van der Waals surface area contributed by atoms with Gasteiger partial charge in [0.15, 0.2) is 0 Å². The molecule has 3 nitrogen and oxygen atoms in total. The van der Waals surface area contributed by atoms with Crippen molar-refractivity contribution < 1.29 is 0 Å². The van der Waals surface area contributed by atoms with Gasteiger partial charge in [-0.15, -0.1) is 11.3 Å². The molecule has 1 aliphatic carbocycles. The second-order valence-corrected chi connectivity index (χ2v) is 8.04. The number of rotatable bonds is 0. The van der Waals surface area contributed by atoms with Gasteiger partial charge >= 0.3 is 0 Å². The van der Waals surface area contributed by atoms with Gasteiger partial charge in [-0.05, 0) is 48.6 Å². The zero-order valence-electron chi connectivity index (χ0n) is 12.9. The molecule has 21 heavy (non-hydrogen) atoms. The fourth-order valence-electron chi connectivity index (χ4n) is 3.29. The summed E-state index contributed by atoms with van der Waals surface area (Å²) in [5.41, 5.74) is 9.55. The normalized spacial score (nSPS) is 19.0. The Bertz CT molecular complexity index is 731. The highest BCUT2D eigenvalue weighted by Gasteiger charge is 2.27. The van der Waals surface area contributed by atoms with Crippen LogP contribution in [0.2, 0.25) is 0 Å². The summed E-state index contributed by atoms with van der Waals surface area (Å²) in [6.45, 7) is 6.99. The molecule has 2 aromatic rings. The summed E-state index contributed by atoms with van der Waals surface area (Å²) in [4.78, 5) is 6.31. The first-order valence-electron chi connectivity index (χ1n) is 7.51. The van der Waals surface area contributed by atoms with Gasteiger partial charge in [-0.25, -0.2) is 4.98 Å². The minimum Gasteiger partial charge on any atom is -0.396 e. The number of aromatic nitrogens is 1. The van der Waals surface area contributed by atoms with Crippen molar-refractivity contribution in [2.24, 2.45) is 11.3 Å². The fraction of sp³-hybridized carbons (Fsp3) is 0.529. The van der Waals surface area contributed by atoms with Crippen LogP contribution in [0.1, 0.15) is 49.7 Å². The molecule has 0 saturated carbocycles. The number of anilines is 1. The second kappa shape index (κ2) is 4.99. The van der Waals surface area contributed by atoms with E-state index in [1.807, 2.05) is 0 Å². The zero-order chi connectivity index (χ0) is 15.2. The van der Waals surface area contributed by atoms with Crippen LogP contribution in [0, 0.1) is 22.7 Å². The van der Waals surface area contributed by atoms with Crippen molar-refractivity contribution in [2.45, 2.75) is 46.5 Å². The van der Waals surface area contributed by atoms with Crippen LogP contribution < -0.4 is 5.73 Å². The third-order valence-electron chi connectivity index (χ3n) is 4.71. The van der Waals surface area contributed by atoms with Crippen molar-refractivity contribution in [1.29, 1.82) is 5.26 Å². The minimum atomic E-state index is 0.354. The summed E-state index contributed by atoms with van der Waals surface area (Å²) in [6.07, 6.45) is 4.50. The molecule has 1 unspecified atom stereocenters. The average Bonchev–Trinajstić information content (AvgIpc) is 2.60. The summed E-state index contributed by atoms with van der Waals surface area (Å²) in [6, 6.07) is 4.34. The van der Waals surface area contributed by atoms with E-state index >= 15 is 0 Å². The van der Waals surface area contributed by atoms with Gasteiger partial charge in [0.1, 0.15) is 15.8 Å². The number of nitrogens with zero attached hydrogens (tertiary/aromatic N) is 2. The van der Waals surface area contributed by atoms with Gasteiger partial charge in [-0.3, -0.25) is 0 Å². The number of hydrogen-bond donors (Lipinski definition) is 1. The number of nitriles is 1. The molecule has 1 atom stereocenters. The highest BCUT2D eigenvalue weighted by atomic mass is 32.1. The lowest BCUT2D eigenvalue weighted by atomic mass is 9.76. The topological polar surface area (TPSA) is 62.7 Å². The third kappa shape index (κ3) is 2.51. The van der Waals surface area contributed by atoms with Crippen LogP contribution in [-0.4, -0.2) is 4.98 Å². The number of nitrogen functional groups attached to an aromatic ring is 1. The molecule has 0 spiro atoms. The molecular weight excluding hydrogens is 278 g/mol. The van der Waals surface area contributed by atoms with E-state index in [0.29, 0.717) is 16.0 Å². The molecule has 110 valence electrons. The molecule has 2 aromatic heterocycles. The lowest BCUT2D eigenvalue weighted by molar-refractivity contribution is 0.216. The summed E-state index contributed by atoms with van der Waals surface area (Å²) in [5, 5.41) is 10.1. The van der Waals surface area contributed by atoms with Gasteiger partial charge in [0.2, 0.25) is 0 Å². The number of nitrogens with two attached hydrogens (primary N) is 1. The fourth-order valence-corrected chi connectivity index (χ4v) is 4.18. The molecule has 0 radical (unpaired) electrons. The monoisotopic (exact) mass is 299 g/mol. The summed E-state index contributed by atoms with van der Waals surface area (Å²) >= 11 is 1.41. The first-order valence-corrected chi connectivity index (χ1v) is 8.32. The van der Waals surface area contributed by atoms with Crippen LogP contribution in [0.5, 0.6) is 0 Å². The van der Waals surface area contributed by atoms with Gasteiger partial charge in [0.05, 0.1) is 5.69 Å². The quantitative estimate of drug-likeness (QED) is 0.738. The van der Waals surface area contributed by atoms with Crippen molar-refractivity contribution in [3.05, 3.63) is 22.2 Å². The number of hydrogen-bond acceptors (Lipinski definition) is 4. The number of fused-ring (bicyclic) bond motifs is 2. The molecule has 0 amide bonds. The molecule has 3 rings (SSSR count). The maximum absolute atomic E-state index is 9.11. The SMILES string of the molecule is CC(C)(C)C1CCc2cc3c(N)c(C#N)sc3nc2CC1. The molecule has 2 N–H and O–H groups in total. The Morgan fingerprint density at radius 2 is 2.05 bits per heavy atom. The number of pyridine rings is 1. The Hall–Kier alpha value is -1.60. The maximum Gasteiger partial charge on any atom is 0.130 e. The molecule has 4 heteroatoms. The molecular formula is C17H21N3S. The molecule has 2 heterocycles. The smallest absolute Gasteiger partial charge is 0.130 e. The van der Waals surface area contributed by atoms with Crippen LogP contribution in [0.25, 0.3) is 10.2 Å². The molecule has 0 aliphatic heterocycles. The predicted molar refractivity (Wildman–Crippen MR) is 88.3 cm³/mol. The van der Waals surface area contributed by atoms with E-state index in [1.165, 1.54) is 35.4 Å². The predicted octanol–water partition coefficient (Wildman–Crippen LogP) is 4.29. The van der Waals surface area contributed by atoms with E-state index in [4.69, 9.17) is 16.0 Å². The van der Waals surface area contributed by atoms with Crippen LogP contribution >= 0.6 is 11.3 Å². The van der Waals surface area contributed by atoms with Crippen LogP contribution in [0.4, 0.5) is 5.69 Å². The lowest BCUT2D eigenvalue weighted by Crippen LogP contribution is -2.20. The molecule has 0 saturated heterocycles. The zero-order valence-corrected chi connectivity index (χ0v) is 13.7. The lowest BCUT2D eigenvalue weighted by Gasteiger charge is -2.29. The van der Waals surface area contributed by atoms with Crippen molar-refractivity contribution in [3.8, 4) is 6.07 Å². The van der Waals surface area contributed by atoms with Gasteiger partial charge in [-0.2, -0.15) is 5.26 Å². The Kier molecular flexibility index (Phi) is 3.41. The van der Waals surface area contributed by atoms with Crippen molar-refractivity contribution in [2.75, 3.05) is 5.73 Å². The van der Waals surface area contributed by atoms with E-state index in [-0.39, 0.29) is 0 Å². The maximum atomic E-state index is 9.11. The summed E-state index contributed by atoms with van der Waals surface area (Å²) in [7, 11) is 0. The van der Waals surface area contributed by atoms with Crippen molar-refractivity contribution >= 4 is 27.2 Å². The highest BCUT2D eigenvalue weighted by molar-refractivity contribution is 7.19. The van der Waals surface area contributed by atoms with Crippen molar-refractivity contribution in [3.63, 3.8) is 0 Å². The standard InChI is InChI=1S/C17H21N3S/c1-17(2,3)11-5-4-10-8-12-15(19)14(9-18)21-16(12)20-13(10)7-6-11/h8,11H,4-7,19H2,1-3H3. The first kappa shape index (κ1) is 14.3. The van der Waals surface area contributed by atoms with Gasteiger partial charge in [0.25, 0.3) is 0 Å². The summed E-state index contributed by atoms with van der Waals surface area (Å²) in [5.74, 6) is 0.733. The summed E-state index contributed by atoms with van der Waals surface area (Å²) < 4.78 is 0. The Morgan fingerprint density at radius 1 is 1.33 bits per heavy atom. The van der Waals surface area contributed by atoms with Crippen LogP contribution in [-0.2, 0) is 12.8 Å². The van der Waals surface area contributed by atoms with E-state index in [0.717, 1.165) is 29.0 Å². The molecule has 0 aromatic carbocycles. The third-order valence-corrected chi connectivity index (χ3v) is 5.73. The van der Waals surface area contributed by atoms with Crippen LogP contribution in [0.15, 0.2) is 6.07 Å². The highest BCUT2D eigenvalue weighted by Crippen LogP contribution is 2.39. The van der Waals surface area contributed by atoms with Crippen LogP contribution in [0.3, 0.4) is 0 Å². The molecule has 0 bridgehead atoms. The van der Waals surface area contributed by atoms with Crippen molar-refractivity contribution in [1.82, 2.24) is 4.98 Å². The Morgan fingerprint density at radius 3 is 2.71 bits per heavy atom. The van der Waals surface area contributed by atoms with E-state index in [9.17, 15) is 0 Å². The largest absolute Gasteiger partial charge is 0.396 e. The minimum absolute atomic E-state index is 0.354. The Labute approximate surface area is 129 Å². The second-order valence-electron chi connectivity index (χ2n) is 7.04. The van der Waals surface area contributed by atoms with E-state index in [2.05, 4.69) is 32.9 Å². The molecule has 1 aliphatic rings. The van der Waals surface area contributed by atoms with E-state index in [1.54, 1.807) is 0 Å². The number of aryl methyl sites for hydroxylation is 2. The molecule has 0 fully saturated rings. The van der Waals surface area contributed by atoms with Gasteiger partial charge in [-0.1, -0.05) is 20.8 Å². The Balaban J connectivity index is 2.01. The van der Waals surface area contributed by atoms with Gasteiger partial charge in [0, 0.05) is 11.1 Å². The number of thiophene rings is 1. The van der Waals surface area contributed by atoms with Gasteiger partial charge < -0.3 is 5.73 Å².